The van der Waals surface area contributed by atoms with Crippen LogP contribution in [0.5, 0.6) is 5.75 Å². The van der Waals surface area contributed by atoms with Crippen LogP contribution in [-0.4, -0.2) is 23.5 Å². The second kappa shape index (κ2) is 6.74. The molecule has 0 spiro atoms. The molecule has 0 heterocycles. The smallest absolute Gasteiger partial charge is 0.259 e. The first kappa shape index (κ1) is 15.5. The Bertz CT molecular complexity index is 686. The lowest BCUT2D eigenvalue weighted by atomic mass is 10.2. The van der Waals surface area contributed by atoms with E-state index >= 15 is 0 Å². The van der Waals surface area contributed by atoms with Gasteiger partial charge < -0.3 is 10.1 Å². The van der Waals surface area contributed by atoms with Crippen LogP contribution in [0.25, 0.3) is 0 Å². The topological polar surface area (TPSA) is 55.4 Å². The van der Waals surface area contributed by atoms with Gasteiger partial charge in [0.2, 0.25) is 0 Å². The summed E-state index contributed by atoms with van der Waals surface area (Å²) >= 11 is 5.87. The molecule has 2 aromatic rings. The summed E-state index contributed by atoms with van der Waals surface area (Å²) in [7, 11) is 0.439. The molecule has 0 saturated heterocycles. The largest absolute Gasteiger partial charge is 0.496 e. The molecule has 0 aromatic heterocycles. The van der Waals surface area contributed by atoms with Gasteiger partial charge in [0.15, 0.2) is 0 Å². The van der Waals surface area contributed by atoms with Crippen LogP contribution in [0.2, 0.25) is 5.02 Å². The zero-order chi connectivity index (χ0) is 15.4. The molecule has 110 valence electrons. The average Bonchev–Trinajstić information content (AvgIpc) is 2.47. The number of benzene rings is 2. The lowest BCUT2D eigenvalue weighted by molar-refractivity contribution is 0.102. The van der Waals surface area contributed by atoms with Crippen molar-refractivity contribution >= 4 is 34.0 Å². The number of methoxy groups -OCH3 is 1. The van der Waals surface area contributed by atoms with Gasteiger partial charge in [-0.25, -0.2) is 0 Å². The summed E-state index contributed by atoms with van der Waals surface area (Å²) in [6.07, 6.45) is 1.60. The van der Waals surface area contributed by atoms with E-state index in [1.54, 1.807) is 48.7 Å². The van der Waals surface area contributed by atoms with Gasteiger partial charge in [-0.3, -0.25) is 9.00 Å². The third-order valence-corrected chi connectivity index (χ3v) is 4.02. The first-order valence-electron chi connectivity index (χ1n) is 6.09. The molecule has 1 atom stereocenters. The van der Waals surface area contributed by atoms with E-state index in [-0.39, 0.29) is 5.91 Å². The van der Waals surface area contributed by atoms with Gasteiger partial charge in [-0.15, -0.1) is 0 Å². The van der Waals surface area contributed by atoms with Crippen molar-refractivity contribution in [2.24, 2.45) is 0 Å². The van der Waals surface area contributed by atoms with Crippen molar-refractivity contribution in [1.29, 1.82) is 0 Å². The van der Waals surface area contributed by atoms with E-state index in [9.17, 15) is 9.00 Å². The number of anilines is 1. The molecular weight excluding hydrogens is 310 g/mol. The van der Waals surface area contributed by atoms with Crippen molar-refractivity contribution < 1.29 is 13.7 Å². The van der Waals surface area contributed by atoms with Gasteiger partial charge in [0.25, 0.3) is 5.91 Å². The summed E-state index contributed by atoms with van der Waals surface area (Å²) < 4.78 is 16.5. The molecule has 1 N–H and O–H groups in total. The highest BCUT2D eigenvalue weighted by molar-refractivity contribution is 7.84. The van der Waals surface area contributed by atoms with Crippen LogP contribution < -0.4 is 10.1 Å². The Labute approximate surface area is 130 Å². The van der Waals surface area contributed by atoms with Crippen LogP contribution in [-0.2, 0) is 10.8 Å². The van der Waals surface area contributed by atoms with Gasteiger partial charge in [0, 0.05) is 32.7 Å². The molecule has 0 radical (unpaired) electrons. The molecule has 0 aliphatic rings. The Morgan fingerprint density at radius 2 is 1.86 bits per heavy atom. The van der Waals surface area contributed by atoms with Crippen molar-refractivity contribution in [3.8, 4) is 5.75 Å². The van der Waals surface area contributed by atoms with E-state index in [0.717, 1.165) is 0 Å². The fraction of sp³-hybridized carbons (Fsp3) is 0.133. The molecule has 0 bridgehead atoms. The van der Waals surface area contributed by atoms with E-state index in [2.05, 4.69) is 5.32 Å². The maximum absolute atomic E-state index is 12.2. The maximum Gasteiger partial charge on any atom is 0.259 e. The van der Waals surface area contributed by atoms with Gasteiger partial charge in [-0.05, 0) is 42.5 Å². The molecule has 0 fully saturated rings. The highest BCUT2D eigenvalue weighted by Gasteiger charge is 2.13. The Kier molecular flexibility index (Phi) is 4.98. The molecule has 0 saturated carbocycles. The van der Waals surface area contributed by atoms with E-state index in [4.69, 9.17) is 16.3 Å². The fourth-order valence-electron chi connectivity index (χ4n) is 1.78. The first-order chi connectivity index (χ1) is 10.0. The maximum atomic E-state index is 12.2. The van der Waals surface area contributed by atoms with E-state index in [1.807, 2.05) is 0 Å². The Morgan fingerprint density at radius 3 is 2.43 bits per heavy atom. The second-order valence-corrected chi connectivity index (χ2v) is 6.09. The molecule has 6 heteroatoms. The minimum atomic E-state index is -1.04. The number of carbonyl (C=O) groups is 1. The molecule has 0 unspecified atom stereocenters. The normalized spacial score (nSPS) is 11.8. The van der Waals surface area contributed by atoms with Crippen LogP contribution in [0.1, 0.15) is 10.4 Å². The lowest BCUT2D eigenvalue weighted by Gasteiger charge is -2.10. The molecule has 2 rings (SSSR count). The molecular formula is C15H14ClNO3S. The average molecular weight is 324 g/mol. The highest BCUT2D eigenvalue weighted by Crippen LogP contribution is 2.24. The number of hydrogen-bond acceptors (Lipinski definition) is 3. The quantitative estimate of drug-likeness (QED) is 0.939. The number of halogens is 1. The Morgan fingerprint density at radius 1 is 1.19 bits per heavy atom. The van der Waals surface area contributed by atoms with E-state index in [0.29, 0.717) is 26.9 Å². The van der Waals surface area contributed by atoms with Crippen LogP contribution >= 0.6 is 11.6 Å². The molecule has 0 aliphatic carbocycles. The monoisotopic (exact) mass is 323 g/mol. The third-order valence-electron chi connectivity index (χ3n) is 2.85. The second-order valence-electron chi connectivity index (χ2n) is 4.28. The summed E-state index contributed by atoms with van der Waals surface area (Å²) in [6, 6.07) is 11.7. The fourth-order valence-corrected chi connectivity index (χ4v) is 2.46. The summed E-state index contributed by atoms with van der Waals surface area (Å²) in [5.74, 6) is 0.111. The van der Waals surface area contributed by atoms with E-state index < -0.39 is 10.8 Å². The standard InChI is InChI=1S/C15H14ClNO3S/c1-20-14-9-10(16)3-8-13(14)15(18)17-11-4-6-12(7-5-11)21(2)19/h3-9H,1-2H3,(H,17,18)/t21-/m1/s1. The van der Waals surface area contributed by atoms with Crippen molar-refractivity contribution in [1.82, 2.24) is 0 Å². The van der Waals surface area contributed by atoms with Crippen LogP contribution in [0, 0.1) is 0 Å². The van der Waals surface area contributed by atoms with Gasteiger partial charge >= 0.3 is 0 Å². The number of amides is 1. The minimum absolute atomic E-state index is 0.297. The zero-order valence-electron chi connectivity index (χ0n) is 11.6. The van der Waals surface area contributed by atoms with Crippen LogP contribution in [0.3, 0.4) is 0 Å². The summed E-state index contributed by atoms with van der Waals surface area (Å²) in [6.45, 7) is 0. The van der Waals surface area contributed by atoms with Gasteiger partial charge in [-0.2, -0.15) is 0 Å². The van der Waals surface area contributed by atoms with Crippen molar-refractivity contribution in [3.63, 3.8) is 0 Å². The molecule has 0 aliphatic heterocycles. The molecule has 4 nitrogen and oxygen atoms in total. The number of hydrogen-bond donors (Lipinski definition) is 1. The predicted molar refractivity (Wildman–Crippen MR) is 84.7 cm³/mol. The van der Waals surface area contributed by atoms with Crippen LogP contribution in [0.15, 0.2) is 47.4 Å². The number of ether oxygens (including phenoxy) is 1. The van der Waals surface area contributed by atoms with E-state index in [1.165, 1.54) is 7.11 Å². The predicted octanol–water partition coefficient (Wildman–Crippen LogP) is 3.34. The first-order valence-corrected chi connectivity index (χ1v) is 8.03. The number of nitrogens with one attached hydrogen (secondary N) is 1. The summed E-state index contributed by atoms with van der Waals surface area (Å²) in [4.78, 5) is 12.9. The lowest BCUT2D eigenvalue weighted by Crippen LogP contribution is -2.13. The highest BCUT2D eigenvalue weighted by atomic mass is 35.5. The number of rotatable bonds is 4. The van der Waals surface area contributed by atoms with Gasteiger partial charge in [-0.1, -0.05) is 11.6 Å². The minimum Gasteiger partial charge on any atom is -0.496 e. The molecule has 2 aromatic carbocycles. The Hall–Kier alpha value is -1.85. The van der Waals surface area contributed by atoms with Gasteiger partial charge in [0.05, 0.1) is 12.7 Å². The Balaban J connectivity index is 2.19. The van der Waals surface area contributed by atoms with Crippen LogP contribution in [0.4, 0.5) is 5.69 Å². The van der Waals surface area contributed by atoms with Crippen molar-refractivity contribution in [3.05, 3.63) is 53.1 Å². The molecule has 21 heavy (non-hydrogen) atoms. The number of carbonyl (C=O) groups excluding carboxylic acids is 1. The van der Waals surface area contributed by atoms with Crippen molar-refractivity contribution in [2.45, 2.75) is 4.90 Å². The summed E-state index contributed by atoms with van der Waals surface area (Å²) in [5, 5.41) is 3.26. The third kappa shape index (κ3) is 3.83. The SMILES string of the molecule is COc1cc(Cl)ccc1C(=O)Nc1ccc([S@@](C)=O)cc1. The zero-order valence-corrected chi connectivity index (χ0v) is 13.1. The molecule has 1 amide bonds. The summed E-state index contributed by atoms with van der Waals surface area (Å²) in [5.41, 5.74) is 1.01. The van der Waals surface area contributed by atoms with Gasteiger partial charge in [0.1, 0.15) is 5.75 Å². The van der Waals surface area contributed by atoms with Crippen molar-refractivity contribution in [2.75, 3.05) is 18.7 Å².